The summed E-state index contributed by atoms with van der Waals surface area (Å²) in [4.78, 5) is 12.8. The van der Waals surface area contributed by atoms with Crippen molar-refractivity contribution >= 4 is 33.2 Å². The van der Waals surface area contributed by atoms with Crippen LogP contribution in [0.15, 0.2) is 40.9 Å². The fourth-order valence-corrected chi connectivity index (χ4v) is 3.46. The van der Waals surface area contributed by atoms with Gasteiger partial charge in [-0.15, -0.1) is 11.3 Å². The molecule has 0 fully saturated rings. The van der Waals surface area contributed by atoms with Crippen molar-refractivity contribution in [3.63, 3.8) is 0 Å². The van der Waals surface area contributed by atoms with Crippen LogP contribution in [0.1, 0.15) is 33.1 Å². The summed E-state index contributed by atoms with van der Waals surface area (Å²) in [5, 5.41) is 10.3. The maximum Gasteiger partial charge on any atom is 0.348 e. The maximum absolute atomic E-state index is 11.7. The van der Waals surface area contributed by atoms with Gasteiger partial charge in [0.15, 0.2) is 0 Å². The van der Waals surface area contributed by atoms with Crippen molar-refractivity contribution in [1.29, 1.82) is 0 Å². The van der Waals surface area contributed by atoms with Crippen LogP contribution in [0.4, 0.5) is 0 Å². The third-order valence-electron chi connectivity index (χ3n) is 2.55. The maximum atomic E-state index is 11.7. The van der Waals surface area contributed by atoms with Gasteiger partial charge in [0, 0.05) is 4.47 Å². The van der Waals surface area contributed by atoms with Crippen LogP contribution in [0.5, 0.6) is 0 Å². The van der Waals surface area contributed by atoms with Gasteiger partial charge in [-0.3, -0.25) is 0 Å². The number of aliphatic hydroxyl groups is 1. The molecule has 19 heavy (non-hydrogen) atoms. The zero-order valence-corrected chi connectivity index (χ0v) is 12.7. The summed E-state index contributed by atoms with van der Waals surface area (Å²) in [6, 6.07) is 11.0. The number of thiophene rings is 1. The third-order valence-corrected chi connectivity index (χ3v) is 4.64. The molecule has 0 aliphatic heterocycles. The number of carbonyl (C=O) groups excluding carboxylic acids is 1. The minimum absolute atomic E-state index is 0.338. The van der Waals surface area contributed by atoms with E-state index in [1.807, 2.05) is 30.3 Å². The van der Waals surface area contributed by atoms with Crippen molar-refractivity contribution in [3.8, 4) is 0 Å². The average Bonchev–Trinajstić information content (AvgIpc) is 2.81. The summed E-state index contributed by atoms with van der Waals surface area (Å²) in [7, 11) is 0. The van der Waals surface area contributed by atoms with Gasteiger partial charge in [-0.25, -0.2) is 4.79 Å². The van der Waals surface area contributed by atoms with E-state index in [4.69, 9.17) is 4.74 Å². The predicted molar refractivity (Wildman–Crippen MR) is 78.5 cm³/mol. The largest absolute Gasteiger partial charge is 0.462 e. The topological polar surface area (TPSA) is 46.5 Å². The number of hydrogen-bond acceptors (Lipinski definition) is 4. The highest BCUT2D eigenvalue weighted by molar-refractivity contribution is 9.10. The van der Waals surface area contributed by atoms with Crippen molar-refractivity contribution < 1.29 is 14.6 Å². The number of rotatable bonds is 4. The summed E-state index contributed by atoms with van der Waals surface area (Å²) in [5.74, 6) is -0.361. The number of benzene rings is 1. The molecule has 0 spiro atoms. The van der Waals surface area contributed by atoms with E-state index in [9.17, 15) is 9.90 Å². The lowest BCUT2D eigenvalue weighted by molar-refractivity contribution is 0.0532. The van der Waals surface area contributed by atoms with Crippen LogP contribution >= 0.6 is 27.3 Å². The first-order valence-electron chi connectivity index (χ1n) is 5.82. The van der Waals surface area contributed by atoms with Gasteiger partial charge in [0.2, 0.25) is 0 Å². The van der Waals surface area contributed by atoms with Crippen LogP contribution in [0, 0.1) is 0 Å². The van der Waals surface area contributed by atoms with E-state index in [-0.39, 0.29) is 5.97 Å². The Morgan fingerprint density at radius 1 is 1.42 bits per heavy atom. The number of halogens is 1. The molecule has 1 unspecified atom stereocenters. The second-order valence-corrected chi connectivity index (χ2v) is 5.79. The summed E-state index contributed by atoms with van der Waals surface area (Å²) < 4.78 is 5.67. The van der Waals surface area contributed by atoms with Crippen LogP contribution < -0.4 is 0 Å². The Hall–Kier alpha value is -1.17. The van der Waals surface area contributed by atoms with Gasteiger partial charge in [-0.1, -0.05) is 30.3 Å². The number of hydrogen-bond donors (Lipinski definition) is 1. The van der Waals surface area contributed by atoms with Gasteiger partial charge in [0.25, 0.3) is 0 Å². The molecule has 2 rings (SSSR count). The summed E-state index contributed by atoms with van der Waals surface area (Å²) in [6.45, 7) is 2.10. The van der Waals surface area contributed by atoms with Crippen LogP contribution in [0.3, 0.4) is 0 Å². The molecule has 0 saturated heterocycles. The Balaban J connectivity index is 2.28. The van der Waals surface area contributed by atoms with E-state index < -0.39 is 6.10 Å². The molecule has 1 N–H and O–H groups in total. The highest BCUT2D eigenvalue weighted by Crippen LogP contribution is 2.36. The molecule has 3 nitrogen and oxygen atoms in total. The number of ether oxygens (including phenoxy) is 1. The molecule has 1 aromatic carbocycles. The lowest BCUT2D eigenvalue weighted by atomic mass is 10.1. The standard InChI is InChI=1S/C14H13BrO3S/c1-2-18-14(17)11-8-10(15)13(19-11)12(16)9-6-4-3-5-7-9/h3-8,12,16H,2H2,1H3. The molecule has 0 aliphatic carbocycles. The first-order chi connectivity index (χ1) is 9.13. The molecule has 0 bridgehead atoms. The predicted octanol–water partition coefficient (Wildman–Crippen LogP) is 3.77. The first kappa shape index (κ1) is 14.2. The van der Waals surface area contributed by atoms with E-state index in [1.165, 1.54) is 11.3 Å². The Morgan fingerprint density at radius 2 is 2.11 bits per heavy atom. The zero-order valence-electron chi connectivity index (χ0n) is 10.3. The molecule has 1 aromatic heterocycles. The molecule has 1 heterocycles. The van der Waals surface area contributed by atoms with Gasteiger partial charge in [0.1, 0.15) is 11.0 Å². The summed E-state index contributed by atoms with van der Waals surface area (Å²) >= 11 is 4.62. The first-order valence-corrected chi connectivity index (χ1v) is 7.43. The van der Waals surface area contributed by atoms with Crippen LogP contribution in [0.25, 0.3) is 0 Å². The number of aliphatic hydroxyl groups excluding tert-OH is 1. The fraction of sp³-hybridized carbons (Fsp3) is 0.214. The van der Waals surface area contributed by atoms with E-state index in [0.717, 1.165) is 10.0 Å². The highest BCUT2D eigenvalue weighted by Gasteiger charge is 2.20. The highest BCUT2D eigenvalue weighted by atomic mass is 79.9. The van der Waals surface area contributed by atoms with Crippen molar-refractivity contribution in [2.75, 3.05) is 6.61 Å². The zero-order chi connectivity index (χ0) is 13.8. The fourth-order valence-electron chi connectivity index (χ4n) is 1.66. The molecule has 0 amide bonds. The minimum Gasteiger partial charge on any atom is -0.462 e. The minimum atomic E-state index is -0.747. The Morgan fingerprint density at radius 3 is 2.74 bits per heavy atom. The Labute approximate surface area is 124 Å². The molecular formula is C14H13BrO3S. The average molecular weight is 341 g/mol. The molecule has 5 heteroatoms. The molecule has 2 aromatic rings. The van der Waals surface area contributed by atoms with E-state index >= 15 is 0 Å². The van der Waals surface area contributed by atoms with Gasteiger partial charge in [0.05, 0.1) is 11.5 Å². The lowest BCUT2D eigenvalue weighted by Crippen LogP contribution is -2.01. The van der Waals surface area contributed by atoms with Gasteiger partial charge >= 0.3 is 5.97 Å². The number of carbonyl (C=O) groups is 1. The van der Waals surface area contributed by atoms with E-state index in [1.54, 1.807) is 13.0 Å². The second kappa shape index (κ2) is 6.32. The van der Waals surface area contributed by atoms with Crippen molar-refractivity contribution in [1.82, 2.24) is 0 Å². The normalized spacial score (nSPS) is 12.2. The van der Waals surface area contributed by atoms with Crippen molar-refractivity contribution in [2.24, 2.45) is 0 Å². The van der Waals surface area contributed by atoms with E-state index in [0.29, 0.717) is 16.4 Å². The van der Waals surface area contributed by atoms with Gasteiger partial charge < -0.3 is 9.84 Å². The molecule has 0 saturated carbocycles. The summed E-state index contributed by atoms with van der Waals surface area (Å²) in [5.41, 5.74) is 0.792. The van der Waals surface area contributed by atoms with Gasteiger partial charge in [-0.2, -0.15) is 0 Å². The molecule has 1 atom stereocenters. The van der Waals surface area contributed by atoms with Crippen LogP contribution in [0.2, 0.25) is 0 Å². The molecular weight excluding hydrogens is 328 g/mol. The number of esters is 1. The van der Waals surface area contributed by atoms with Crippen molar-refractivity contribution in [3.05, 3.63) is 56.2 Å². The smallest absolute Gasteiger partial charge is 0.348 e. The summed E-state index contributed by atoms with van der Waals surface area (Å²) in [6.07, 6.45) is -0.747. The lowest BCUT2D eigenvalue weighted by Gasteiger charge is -2.09. The molecule has 100 valence electrons. The van der Waals surface area contributed by atoms with Gasteiger partial charge in [-0.05, 0) is 34.5 Å². The third kappa shape index (κ3) is 3.23. The molecule has 0 radical (unpaired) electrons. The Kier molecular flexibility index (Phi) is 4.74. The van der Waals surface area contributed by atoms with Crippen LogP contribution in [-0.4, -0.2) is 17.7 Å². The quantitative estimate of drug-likeness (QED) is 0.861. The molecule has 0 aliphatic rings. The Bertz CT molecular complexity index is 565. The second-order valence-electron chi connectivity index (χ2n) is 3.86. The van der Waals surface area contributed by atoms with E-state index in [2.05, 4.69) is 15.9 Å². The SMILES string of the molecule is CCOC(=O)c1cc(Br)c(C(O)c2ccccc2)s1. The van der Waals surface area contributed by atoms with Crippen LogP contribution in [-0.2, 0) is 4.74 Å². The van der Waals surface area contributed by atoms with Crippen molar-refractivity contribution in [2.45, 2.75) is 13.0 Å². The monoisotopic (exact) mass is 340 g/mol.